The molecule has 90 valence electrons. The number of pyridine rings is 1. The Bertz CT molecular complexity index is 589. The summed E-state index contributed by atoms with van der Waals surface area (Å²) in [5.74, 6) is 0. The molecular weight excluding hydrogens is 214 g/mol. The molecule has 1 heterocycles. The van der Waals surface area contributed by atoms with Gasteiger partial charge in [0, 0.05) is 31.7 Å². The molecule has 0 saturated carbocycles. The van der Waals surface area contributed by atoms with Gasteiger partial charge in [-0.1, -0.05) is 6.07 Å². The first kappa shape index (κ1) is 11.5. The maximum atomic E-state index is 11.9. The average molecular weight is 231 g/mol. The summed E-state index contributed by atoms with van der Waals surface area (Å²) in [7, 11) is 3.77. The average Bonchev–Trinajstić information content (AvgIpc) is 2.36. The van der Waals surface area contributed by atoms with Crippen molar-refractivity contribution in [3.05, 3.63) is 34.6 Å². The van der Waals surface area contributed by atoms with E-state index in [2.05, 4.69) is 10.3 Å². The SMILES string of the molecule is CCN(C)c1cc2ccc(NC)cc2[nH]c1=O. The second-order valence-corrected chi connectivity index (χ2v) is 4.05. The van der Waals surface area contributed by atoms with E-state index in [4.69, 9.17) is 0 Å². The molecule has 17 heavy (non-hydrogen) atoms. The quantitative estimate of drug-likeness (QED) is 0.849. The Morgan fingerprint density at radius 2 is 2.12 bits per heavy atom. The molecule has 0 aliphatic heterocycles. The summed E-state index contributed by atoms with van der Waals surface area (Å²) in [5, 5.41) is 4.10. The van der Waals surface area contributed by atoms with Crippen LogP contribution in [0.15, 0.2) is 29.1 Å². The first-order valence-electron chi connectivity index (χ1n) is 5.71. The molecule has 0 radical (unpaired) electrons. The predicted octanol–water partition coefficient (Wildman–Crippen LogP) is 2.03. The second kappa shape index (κ2) is 4.49. The van der Waals surface area contributed by atoms with Crippen LogP contribution >= 0.6 is 0 Å². The van der Waals surface area contributed by atoms with E-state index in [1.54, 1.807) is 0 Å². The van der Waals surface area contributed by atoms with E-state index in [1.807, 2.05) is 50.2 Å². The van der Waals surface area contributed by atoms with Crippen LogP contribution in [-0.4, -0.2) is 25.6 Å². The largest absolute Gasteiger partial charge is 0.388 e. The number of nitrogens with one attached hydrogen (secondary N) is 2. The number of hydrogen-bond donors (Lipinski definition) is 2. The van der Waals surface area contributed by atoms with Gasteiger partial charge in [-0.05, 0) is 25.1 Å². The summed E-state index contributed by atoms with van der Waals surface area (Å²) < 4.78 is 0. The maximum Gasteiger partial charge on any atom is 0.271 e. The van der Waals surface area contributed by atoms with Crippen LogP contribution in [0.3, 0.4) is 0 Å². The molecule has 0 fully saturated rings. The van der Waals surface area contributed by atoms with Crippen molar-refractivity contribution < 1.29 is 0 Å². The number of benzene rings is 1. The summed E-state index contributed by atoms with van der Waals surface area (Å²) in [5.41, 5.74) is 2.51. The van der Waals surface area contributed by atoms with Crippen LogP contribution in [0.4, 0.5) is 11.4 Å². The van der Waals surface area contributed by atoms with Gasteiger partial charge in [0.25, 0.3) is 5.56 Å². The third kappa shape index (κ3) is 2.11. The third-order valence-corrected chi connectivity index (χ3v) is 3.00. The van der Waals surface area contributed by atoms with Crippen LogP contribution in [0.5, 0.6) is 0 Å². The Morgan fingerprint density at radius 1 is 1.35 bits per heavy atom. The number of anilines is 2. The van der Waals surface area contributed by atoms with Crippen LogP contribution in [0.1, 0.15) is 6.92 Å². The number of rotatable bonds is 3. The first-order valence-corrected chi connectivity index (χ1v) is 5.71. The van der Waals surface area contributed by atoms with Gasteiger partial charge >= 0.3 is 0 Å². The number of fused-ring (bicyclic) bond motifs is 1. The fraction of sp³-hybridized carbons (Fsp3) is 0.308. The zero-order chi connectivity index (χ0) is 12.4. The van der Waals surface area contributed by atoms with Crippen molar-refractivity contribution in [2.75, 3.05) is 30.9 Å². The molecule has 2 aromatic rings. The molecule has 0 unspecified atom stereocenters. The van der Waals surface area contributed by atoms with Gasteiger partial charge in [-0.2, -0.15) is 0 Å². The lowest BCUT2D eigenvalue weighted by atomic mass is 10.2. The third-order valence-electron chi connectivity index (χ3n) is 3.00. The van der Waals surface area contributed by atoms with Crippen molar-refractivity contribution in [3.8, 4) is 0 Å². The molecule has 1 aromatic carbocycles. The van der Waals surface area contributed by atoms with Crippen LogP contribution < -0.4 is 15.8 Å². The van der Waals surface area contributed by atoms with Gasteiger partial charge in [-0.25, -0.2) is 0 Å². The fourth-order valence-electron chi connectivity index (χ4n) is 1.80. The molecule has 0 aliphatic carbocycles. The molecule has 1 aromatic heterocycles. The van der Waals surface area contributed by atoms with Gasteiger partial charge < -0.3 is 15.2 Å². The highest BCUT2D eigenvalue weighted by molar-refractivity contribution is 5.84. The number of aromatic amines is 1. The lowest BCUT2D eigenvalue weighted by Crippen LogP contribution is -2.24. The van der Waals surface area contributed by atoms with Crippen molar-refractivity contribution in [2.24, 2.45) is 0 Å². The number of H-pyrrole nitrogens is 1. The van der Waals surface area contributed by atoms with Gasteiger partial charge in [0.05, 0.1) is 5.52 Å². The number of hydrogen-bond acceptors (Lipinski definition) is 3. The van der Waals surface area contributed by atoms with Crippen molar-refractivity contribution >= 4 is 22.3 Å². The molecule has 0 bridgehead atoms. The number of nitrogens with zero attached hydrogens (tertiary/aromatic N) is 1. The highest BCUT2D eigenvalue weighted by Gasteiger charge is 2.06. The molecule has 0 atom stereocenters. The van der Waals surface area contributed by atoms with E-state index in [0.29, 0.717) is 5.69 Å². The molecular formula is C13H17N3O. The summed E-state index contributed by atoms with van der Waals surface area (Å²) in [4.78, 5) is 16.8. The van der Waals surface area contributed by atoms with Crippen molar-refractivity contribution in [2.45, 2.75) is 6.92 Å². The molecule has 0 aliphatic rings. The summed E-state index contributed by atoms with van der Waals surface area (Å²) in [6.45, 7) is 2.83. The zero-order valence-corrected chi connectivity index (χ0v) is 10.4. The molecule has 2 N–H and O–H groups in total. The van der Waals surface area contributed by atoms with Crippen molar-refractivity contribution in [1.82, 2.24) is 4.98 Å². The molecule has 4 nitrogen and oxygen atoms in total. The molecule has 0 amide bonds. The van der Waals surface area contributed by atoms with Crippen LogP contribution in [0.2, 0.25) is 0 Å². The van der Waals surface area contributed by atoms with Gasteiger partial charge in [0.2, 0.25) is 0 Å². The smallest absolute Gasteiger partial charge is 0.271 e. The predicted molar refractivity (Wildman–Crippen MR) is 73.1 cm³/mol. The summed E-state index contributed by atoms with van der Waals surface area (Å²) in [6.07, 6.45) is 0. The van der Waals surface area contributed by atoms with Gasteiger partial charge in [0.1, 0.15) is 5.69 Å². The van der Waals surface area contributed by atoms with E-state index in [-0.39, 0.29) is 5.56 Å². The Labute approximate surface area is 100 Å². The Morgan fingerprint density at radius 3 is 2.76 bits per heavy atom. The lowest BCUT2D eigenvalue weighted by Gasteiger charge is -2.16. The lowest BCUT2D eigenvalue weighted by molar-refractivity contribution is 0.955. The van der Waals surface area contributed by atoms with Crippen LogP contribution in [0, 0.1) is 0 Å². The topological polar surface area (TPSA) is 48.1 Å². The van der Waals surface area contributed by atoms with E-state index in [0.717, 1.165) is 23.1 Å². The second-order valence-electron chi connectivity index (χ2n) is 4.05. The fourth-order valence-corrected chi connectivity index (χ4v) is 1.80. The van der Waals surface area contributed by atoms with E-state index >= 15 is 0 Å². The van der Waals surface area contributed by atoms with E-state index in [9.17, 15) is 4.79 Å². The summed E-state index contributed by atoms with van der Waals surface area (Å²) in [6, 6.07) is 7.87. The Kier molecular flexibility index (Phi) is 3.04. The maximum absolute atomic E-state index is 11.9. The van der Waals surface area contributed by atoms with E-state index in [1.165, 1.54) is 0 Å². The highest BCUT2D eigenvalue weighted by atomic mass is 16.1. The highest BCUT2D eigenvalue weighted by Crippen LogP contribution is 2.19. The normalized spacial score (nSPS) is 10.5. The molecule has 0 saturated heterocycles. The van der Waals surface area contributed by atoms with Gasteiger partial charge in [-0.3, -0.25) is 4.79 Å². The zero-order valence-electron chi connectivity index (χ0n) is 10.4. The molecule has 2 rings (SSSR count). The van der Waals surface area contributed by atoms with Crippen molar-refractivity contribution in [1.29, 1.82) is 0 Å². The number of aromatic nitrogens is 1. The first-order chi connectivity index (χ1) is 8.15. The minimum atomic E-state index is -0.0462. The minimum absolute atomic E-state index is 0.0462. The van der Waals surface area contributed by atoms with Crippen molar-refractivity contribution in [3.63, 3.8) is 0 Å². The molecule has 0 spiro atoms. The van der Waals surface area contributed by atoms with Gasteiger partial charge in [-0.15, -0.1) is 0 Å². The standard InChI is InChI=1S/C13H17N3O/c1-4-16(3)12-7-9-5-6-10(14-2)8-11(9)15-13(12)17/h5-8,14H,4H2,1-3H3,(H,15,17). The van der Waals surface area contributed by atoms with Gasteiger partial charge in [0.15, 0.2) is 0 Å². The van der Waals surface area contributed by atoms with Crippen LogP contribution in [0.25, 0.3) is 10.9 Å². The molecule has 4 heteroatoms. The Balaban J connectivity index is 2.62. The van der Waals surface area contributed by atoms with E-state index < -0.39 is 0 Å². The Hall–Kier alpha value is -1.97. The summed E-state index contributed by atoms with van der Waals surface area (Å²) >= 11 is 0. The van der Waals surface area contributed by atoms with Crippen LogP contribution in [-0.2, 0) is 0 Å². The minimum Gasteiger partial charge on any atom is -0.388 e. The monoisotopic (exact) mass is 231 g/mol.